The lowest BCUT2D eigenvalue weighted by Gasteiger charge is -2.36. The molecule has 2 saturated heterocycles. The Labute approximate surface area is 135 Å². The summed E-state index contributed by atoms with van der Waals surface area (Å²) in [6.07, 6.45) is 1.81. The number of rotatable bonds is 3. The van der Waals surface area contributed by atoms with Crippen molar-refractivity contribution in [2.75, 3.05) is 45.9 Å². The average Bonchev–Trinajstić information content (AvgIpc) is 2.58. The molecule has 126 valence electrons. The lowest BCUT2D eigenvalue weighted by atomic mass is 9.95. The van der Waals surface area contributed by atoms with E-state index in [0.29, 0.717) is 19.0 Å². The van der Waals surface area contributed by atoms with Crippen molar-refractivity contribution in [3.63, 3.8) is 0 Å². The third-order valence-electron chi connectivity index (χ3n) is 4.68. The third-order valence-corrected chi connectivity index (χ3v) is 4.68. The molecule has 4 nitrogen and oxygen atoms in total. The highest BCUT2D eigenvalue weighted by Gasteiger charge is 2.27. The first kappa shape index (κ1) is 16.3. The molecule has 2 heterocycles. The minimum absolute atomic E-state index is 0.170. The van der Waals surface area contributed by atoms with Gasteiger partial charge in [-0.2, -0.15) is 0 Å². The van der Waals surface area contributed by atoms with Crippen molar-refractivity contribution in [2.24, 2.45) is 5.92 Å². The van der Waals surface area contributed by atoms with Crippen LogP contribution in [-0.4, -0.2) is 61.6 Å². The molecular weight excluding hydrogens is 302 g/mol. The largest absolute Gasteiger partial charge is 0.379 e. The Morgan fingerprint density at radius 1 is 1.13 bits per heavy atom. The monoisotopic (exact) mass is 324 g/mol. The lowest BCUT2D eigenvalue weighted by Crippen LogP contribution is -2.44. The topological polar surface area (TPSA) is 32.8 Å². The summed E-state index contributed by atoms with van der Waals surface area (Å²) in [7, 11) is 0. The maximum atomic E-state index is 13.7. The minimum Gasteiger partial charge on any atom is -0.379 e. The predicted molar refractivity (Wildman–Crippen MR) is 82.2 cm³/mol. The summed E-state index contributed by atoms with van der Waals surface area (Å²) in [5.41, 5.74) is -0.170. The van der Waals surface area contributed by atoms with Crippen molar-refractivity contribution in [3.05, 3.63) is 35.4 Å². The molecule has 2 aliphatic heterocycles. The van der Waals surface area contributed by atoms with Crippen molar-refractivity contribution in [1.29, 1.82) is 0 Å². The van der Waals surface area contributed by atoms with Gasteiger partial charge in [0.25, 0.3) is 5.91 Å². The number of piperidine rings is 1. The molecule has 0 aromatic heterocycles. The van der Waals surface area contributed by atoms with E-state index in [0.717, 1.165) is 63.9 Å². The Balaban J connectivity index is 1.53. The van der Waals surface area contributed by atoms with Crippen LogP contribution >= 0.6 is 0 Å². The first-order valence-corrected chi connectivity index (χ1v) is 8.18. The van der Waals surface area contributed by atoms with Gasteiger partial charge >= 0.3 is 0 Å². The van der Waals surface area contributed by atoms with E-state index >= 15 is 0 Å². The van der Waals surface area contributed by atoms with Gasteiger partial charge in [0.05, 0.1) is 18.8 Å². The van der Waals surface area contributed by atoms with Gasteiger partial charge in [0.15, 0.2) is 0 Å². The fourth-order valence-electron chi connectivity index (χ4n) is 3.30. The predicted octanol–water partition coefficient (Wildman–Crippen LogP) is 2.15. The number of likely N-dealkylation sites (tertiary alicyclic amines) is 1. The molecule has 1 aromatic carbocycles. The van der Waals surface area contributed by atoms with Crippen LogP contribution in [0, 0.1) is 17.6 Å². The zero-order valence-electron chi connectivity index (χ0n) is 13.1. The summed E-state index contributed by atoms with van der Waals surface area (Å²) < 4.78 is 32.3. The van der Waals surface area contributed by atoms with Crippen LogP contribution in [0.3, 0.4) is 0 Å². The molecule has 6 heteroatoms. The summed E-state index contributed by atoms with van der Waals surface area (Å²) in [6, 6.07) is 3.02. The average molecular weight is 324 g/mol. The van der Waals surface area contributed by atoms with Gasteiger partial charge in [0.1, 0.15) is 11.6 Å². The van der Waals surface area contributed by atoms with Crippen molar-refractivity contribution in [3.8, 4) is 0 Å². The zero-order valence-corrected chi connectivity index (χ0v) is 13.1. The molecule has 0 unspecified atom stereocenters. The molecule has 23 heavy (non-hydrogen) atoms. The van der Waals surface area contributed by atoms with E-state index in [1.807, 2.05) is 0 Å². The number of nitrogens with zero attached hydrogens (tertiary/aromatic N) is 2. The van der Waals surface area contributed by atoms with Gasteiger partial charge in [-0.25, -0.2) is 8.78 Å². The van der Waals surface area contributed by atoms with Crippen LogP contribution in [0.4, 0.5) is 8.78 Å². The standard InChI is InChI=1S/C17H22F2N2O2/c18-14-1-2-16(19)15(11-14)17(22)21-5-3-13(4-6-21)12-20-7-9-23-10-8-20/h1-2,11,13H,3-10,12H2. The molecule has 0 radical (unpaired) electrons. The molecule has 3 rings (SSSR count). The van der Waals surface area contributed by atoms with E-state index in [2.05, 4.69) is 4.90 Å². The highest BCUT2D eigenvalue weighted by molar-refractivity contribution is 5.94. The van der Waals surface area contributed by atoms with Crippen LogP contribution in [0.15, 0.2) is 18.2 Å². The van der Waals surface area contributed by atoms with Crippen LogP contribution in [0.25, 0.3) is 0 Å². The number of amides is 1. The number of hydrogen-bond donors (Lipinski definition) is 0. The molecule has 1 aromatic rings. The molecule has 1 amide bonds. The Kier molecular flexibility index (Phi) is 5.23. The number of halogens is 2. The second kappa shape index (κ2) is 7.36. The Morgan fingerprint density at radius 3 is 2.52 bits per heavy atom. The molecule has 0 atom stereocenters. The van der Waals surface area contributed by atoms with Crippen molar-refractivity contribution < 1.29 is 18.3 Å². The van der Waals surface area contributed by atoms with Gasteiger partial charge in [-0.1, -0.05) is 0 Å². The van der Waals surface area contributed by atoms with Crippen LogP contribution in [0.2, 0.25) is 0 Å². The van der Waals surface area contributed by atoms with Gasteiger partial charge in [-0.05, 0) is 37.0 Å². The van der Waals surface area contributed by atoms with Crippen molar-refractivity contribution >= 4 is 5.91 Å². The molecular formula is C17H22F2N2O2. The van der Waals surface area contributed by atoms with E-state index in [9.17, 15) is 13.6 Å². The normalized spacial score (nSPS) is 20.7. The summed E-state index contributed by atoms with van der Waals surface area (Å²) in [5, 5.41) is 0. The highest BCUT2D eigenvalue weighted by atomic mass is 19.1. The molecule has 0 bridgehead atoms. The Hall–Kier alpha value is -1.53. The number of morpholine rings is 1. The van der Waals surface area contributed by atoms with Gasteiger partial charge < -0.3 is 9.64 Å². The van der Waals surface area contributed by atoms with Gasteiger partial charge in [-0.15, -0.1) is 0 Å². The zero-order chi connectivity index (χ0) is 16.2. The van der Waals surface area contributed by atoms with E-state index in [1.54, 1.807) is 4.90 Å². The van der Waals surface area contributed by atoms with E-state index in [1.165, 1.54) is 0 Å². The van der Waals surface area contributed by atoms with Gasteiger partial charge in [0, 0.05) is 32.7 Å². The fourth-order valence-corrected chi connectivity index (χ4v) is 3.30. The first-order valence-electron chi connectivity index (χ1n) is 8.18. The smallest absolute Gasteiger partial charge is 0.256 e. The quantitative estimate of drug-likeness (QED) is 0.854. The second-order valence-corrected chi connectivity index (χ2v) is 6.27. The number of carbonyl (C=O) groups excluding carboxylic acids is 1. The highest BCUT2D eigenvalue weighted by Crippen LogP contribution is 2.21. The first-order chi connectivity index (χ1) is 11.1. The van der Waals surface area contributed by atoms with Crippen molar-refractivity contribution in [2.45, 2.75) is 12.8 Å². The summed E-state index contributed by atoms with van der Waals surface area (Å²) >= 11 is 0. The molecule has 2 aliphatic rings. The number of hydrogen-bond acceptors (Lipinski definition) is 3. The minimum atomic E-state index is -0.660. The Morgan fingerprint density at radius 2 is 1.83 bits per heavy atom. The second-order valence-electron chi connectivity index (χ2n) is 6.27. The molecule has 2 fully saturated rings. The summed E-state index contributed by atoms with van der Waals surface area (Å²) in [4.78, 5) is 16.4. The number of ether oxygens (including phenoxy) is 1. The number of benzene rings is 1. The molecule has 0 aliphatic carbocycles. The van der Waals surface area contributed by atoms with Crippen molar-refractivity contribution in [1.82, 2.24) is 9.80 Å². The summed E-state index contributed by atoms with van der Waals surface area (Å²) in [6.45, 7) is 5.74. The van der Waals surface area contributed by atoms with E-state index in [-0.39, 0.29) is 5.56 Å². The fraction of sp³-hybridized carbons (Fsp3) is 0.588. The molecule has 0 saturated carbocycles. The van der Waals surface area contributed by atoms with E-state index in [4.69, 9.17) is 4.74 Å². The van der Waals surface area contributed by atoms with E-state index < -0.39 is 17.5 Å². The Bertz CT molecular complexity index is 554. The molecule has 0 spiro atoms. The molecule has 0 N–H and O–H groups in total. The van der Waals surface area contributed by atoms with Gasteiger partial charge in [0.2, 0.25) is 0 Å². The lowest BCUT2D eigenvalue weighted by molar-refractivity contribution is 0.0242. The third kappa shape index (κ3) is 4.06. The van der Waals surface area contributed by atoms with Crippen LogP contribution < -0.4 is 0 Å². The summed E-state index contributed by atoms with van der Waals surface area (Å²) in [5.74, 6) is -1.11. The SMILES string of the molecule is O=C(c1cc(F)ccc1F)N1CCC(CN2CCOCC2)CC1. The maximum Gasteiger partial charge on any atom is 0.256 e. The number of carbonyl (C=O) groups is 1. The van der Waals surface area contributed by atoms with Crippen LogP contribution in [0.5, 0.6) is 0 Å². The maximum absolute atomic E-state index is 13.7. The van der Waals surface area contributed by atoms with Crippen LogP contribution in [-0.2, 0) is 4.74 Å². The van der Waals surface area contributed by atoms with Gasteiger partial charge in [-0.3, -0.25) is 9.69 Å². The van der Waals surface area contributed by atoms with Crippen LogP contribution in [0.1, 0.15) is 23.2 Å².